The molecule has 0 aliphatic heterocycles. The Morgan fingerprint density at radius 3 is 2.15 bits per heavy atom. The summed E-state index contributed by atoms with van der Waals surface area (Å²) in [7, 11) is 3.39. The van der Waals surface area contributed by atoms with Crippen LogP contribution in [-0.4, -0.2) is 47.1 Å². The molecule has 0 spiro atoms. The van der Waals surface area contributed by atoms with E-state index in [4.69, 9.17) is 0 Å². The van der Waals surface area contributed by atoms with Gasteiger partial charge in [-0.1, -0.05) is 13.8 Å². The molecule has 48 heavy (non-hydrogen) atoms. The number of likely N-dealkylation sites (N-methyl/N-ethyl adjacent to an activating group) is 1. The van der Waals surface area contributed by atoms with Gasteiger partial charge in [-0.2, -0.15) is 31.9 Å². The lowest BCUT2D eigenvalue weighted by Crippen LogP contribution is -2.41. The number of carboxylic acids is 1. The first-order valence-electron chi connectivity index (χ1n) is 15.1. The Morgan fingerprint density at radius 1 is 1.04 bits per heavy atom. The van der Waals surface area contributed by atoms with E-state index in [-0.39, 0.29) is 55.5 Å². The van der Waals surface area contributed by atoms with Crippen LogP contribution in [0, 0.1) is 43.8 Å². The number of aromatic nitrogens is 1. The molecule has 0 aliphatic rings. The zero-order chi connectivity index (χ0) is 35.4. The van der Waals surface area contributed by atoms with Crippen molar-refractivity contribution in [3.8, 4) is 17.2 Å². The summed E-state index contributed by atoms with van der Waals surface area (Å²) in [5.41, 5.74) is 0.965. The van der Waals surface area contributed by atoms with E-state index in [2.05, 4.69) is 11.4 Å². The van der Waals surface area contributed by atoms with Crippen molar-refractivity contribution >= 4 is 25.4 Å². The van der Waals surface area contributed by atoms with Crippen LogP contribution in [0.1, 0.15) is 77.7 Å². The molecule has 1 aromatic heterocycles. The normalized spacial score (nSPS) is 12.8. The first kappa shape index (κ1) is 40.0. The summed E-state index contributed by atoms with van der Waals surface area (Å²) in [6, 6.07) is 6.30. The van der Waals surface area contributed by atoms with Crippen molar-refractivity contribution < 1.29 is 32.3 Å². The molecule has 0 aliphatic carbocycles. The number of halogens is 4. The molecule has 0 saturated carbocycles. The van der Waals surface area contributed by atoms with Gasteiger partial charge in [0.15, 0.2) is 0 Å². The largest absolute Gasteiger partial charge is 0.481 e. The predicted molar refractivity (Wildman–Crippen MR) is 181 cm³/mol. The number of aryl methyl sites for hydroxylation is 3. The molecule has 1 heterocycles. The van der Waals surface area contributed by atoms with Gasteiger partial charge in [0.25, 0.3) is 5.56 Å². The monoisotopic (exact) mass is 690 g/mol. The molecule has 0 fully saturated rings. The third kappa shape index (κ3) is 9.70. The Kier molecular flexibility index (Phi) is 13.6. The van der Waals surface area contributed by atoms with Crippen molar-refractivity contribution in [1.29, 1.82) is 5.26 Å². The van der Waals surface area contributed by atoms with Gasteiger partial charge in [0, 0.05) is 24.4 Å². The fourth-order valence-corrected chi connectivity index (χ4v) is 5.80. The number of pyridine rings is 1. The lowest BCUT2D eigenvalue weighted by molar-refractivity contribution is -0.139. The van der Waals surface area contributed by atoms with Crippen LogP contribution in [0.5, 0.6) is 0 Å². The smallest absolute Gasteiger partial charge is 0.416 e. The quantitative estimate of drug-likeness (QED) is 0.207. The molecule has 0 saturated heterocycles. The Hall–Kier alpha value is -4.15. The number of rotatable bonds is 12. The first-order chi connectivity index (χ1) is 21.8. The van der Waals surface area contributed by atoms with E-state index in [1.807, 2.05) is 0 Å². The topological polar surface area (TPSA) is 115 Å². The number of carbonyl (C=O) groups is 2. The summed E-state index contributed by atoms with van der Waals surface area (Å²) in [6.45, 7) is 8.88. The maximum absolute atomic E-state index is 15.8. The van der Waals surface area contributed by atoms with E-state index in [9.17, 15) is 37.9 Å². The van der Waals surface area contributed by atoms with Gasteiger partial charge >= 0.3 is 12.1 Å². The van der Waals surface area contributed by atoms with Crippen molar-refractivity contribution in [1.82, 2.24) is 14.8 Å². The highest BCUT2D eigenvalue weighted by atomic mass is 32.1. The summed E-state index contributed by atoms with van der Waals surface area (Å²) in [5.74, 6) is -3.10. The van der Waals surface area contributed by atoms with Crippen LogP contribution in [0.15, 0.2) is 41.3 Å². The van der Waals surface area contributed by atoms with E-state index >= 15 is 4.39 Å². The minimum absolute atomic E-state index is 0. The second-order valence-corrected chi connectivity index (χ2v) is 12.6. The van der Waals surface area contributed by atoms with Gasteiger partial charge in [-0.15, -0.1) is 0 Å². The van der Waals surface area contributed by atoms with Crippen LogP contribution in [0.4, 0.5) is 17.6 Å². The second-order valence-electron chi connectivity index (χ2n) is 12.6. The van der Waals surface area contributed by atoms with Gasteiger partial charge in [-0.25, -0.2) is 4.39 Å². The highest BCUT2D eigenvalue weighted by Gasteiger charge is 2.36. The van der Waals surface area contributed by atoms with Crippen LogP contribution in [0.2, 0.25) is 0 Å². The fraction of sp³-hybridized carbons (Fsp3) is 0.429. The lowest BCUT2D eigenvalue weighted by Gasteiger charge is -2.27. The molecule has 1 amide bonds. The number of aliphatic carboxylic acids is 1. The molecule has 13 heteroatoms. The van der Waals surface area contributed by atoms with Gasteiger partial charge < -0.3 is 19.9 Å². The van der Waals surface area contributed by atoms with E-state index in [0.717, 1.165) is 21.9 Å². The number of amides is 1. The number of alkyl halides is 3. The molecular weight excluding hydrogens is 648 g/mol. The molecule has 8 nitrogen and oxygen atoms in total. The summed E-state index contributed by atoms with van der Waals surface area (Å²) in [4.78, 5) is 40.8. The Morgan fingerprint density at radius 2 is 1.65 bits per heavy atom. The van der Waals surface area contributed by atoms with Crippen LogP contribution in [-0.2, 0) is 22.2 Å². The van der Waals surface area contributed by atoms with Crippen LogP contribution in [0.3, 0.4) is 0 Å². The number of nitriles is 1. The van der Waals surface area contributed by atoms with Gasteiger partial charge in [0.2, 0.25) is 5.91 Å². The van der Waals surface area contributed by atoms with Crippen molar-refractivity contribution in [2.45, 2.75) is 72.1 Å². The molecule has 3 aromatic rings. The molecule has 2 aromatic carbocycles. The van der Waals surface area contributed by atoms with Crippen molar-refractivity contribution in [2.75, 3.05) is 20.6 Å². The molecule has 260 valence electrons. The Bertz CT molecular complexity index is 1740. The van der Waals surface area contributed by atoms with E-state index in [1.165, 1.54) is 13.0 Å². The van der Waals surface area contributed by atoms with Crippen molar-refractivity contribution in [3.05, 3.63) is 91.6 Å². The third-order valence-electron chi connectivity index (χ3n) is 7.93. The van der Waals surface area contributed by atoms with Crippen LogP contribution >= 0.6 is 13.5 Å². The number of hydrogen-bond acceptors (Lipinski definition) is 5. The van der Waals surface area contributed by atoms with Gasteiger partial charge in [-0.3, -0.25) is 14.4 Å². The number of carboxylic acid groups (broad SMARTS) is 1. The van der Waals surface area contributed by atoms with Crippen LogP contribution < -0.4 is 10.9 Å². The van der Waals surface area contributed by atoms with Crippen molar-refractivity contribution in [2.24, 2.45) is 5.92 Å². The standard InChI is InChI=1S/C35H40F4N4O4.H2S/c1-19(2)10-29(43-18-24(8-9-42(6)7)27(15-30(43)44)35(37,38)39)34(47)41-28(16-31(45)46)26-14-25(13-22(5)33(26)36)32-20(3)11-23(17-40)12-21(32)4;/h11-15,18-19,28-29H,8-10,16H2,1-7H3,(H,41,47)(H,45,46);1H2/t28-,29?;/m0./s1. The minimum atomic E-state index is -4.80. The summed E-state index contributed by atoms with van der Waals surface area (Å²) < 4.78 is 58.4. The molecule has 3 rings (SSSR count). The van der Waals surface area contributed by atoms with Gasteiger partial charge in [0.05, 0.1) is 29.7 Å². The molecule has 0 radical (unpaired) electrons. The zero-order valence-corrected chi connectivity index (χ0v) is 29.1. The number of nitrogens with zero attached hydrogens (tertiary/aromatic N) is 3. The second kappa shape index (κ2) is 16.3. The maximum Gasteiger partial charge on any atom is 0.416 e. The summed E-state index contributed by atoms with van der Waals surface area (Å²) in [5, 5.41) is 21.7. The Labute approximate surface area is 284 Å². The third-order valence-corrected chi connectivity index (χ3v) is 7.93. The maximum atomic E-state index is 15.8. The van der Waals surface area contributed by atoms with E-state index in [0.29, 0.717) is 22.8 Å². The first-order valence-corrected chi connectivity index (χ1v) is 15.1. The highest BCUT2D eigenvalue weighted by molar-refractivity contribution is 7.59. The van der Waals surface area contributed by atoms with Gasteiger partial charge in [0.1, 0.15) is 11.9 Å². The van der Waals surface area contributed by atoms with Crippen LogP contribution in [0.25, 0.3) is 11.1 Å². The summed E-state index contributed by atoms with van der Waals surface area (Å²) >= 11 is 0. The molecule has 1 unspecified atom stereocenters. The average Bonchev–Trinajstić information content (AvgIpc) is 2.95. The molecule has 2 atom stereocenters. The Balaban J connectivity index is 0.00000800. The fourth-order valence-electron chi connectivity index (χ4n) is 5.80. The van der Waals surface area contributed by atoms with E-state index in [1.54, 1.807) is 64.9 Å². The molecular formula is C35H42F4N4O4S. The van der Waals surface area contributed by atoms with Gasteiger partial charge in [-0.05, 0) is 111 Å². The highest BCUT2D eigenvalue weighted by Crippen LogP contribution is 2.35. The average molecular weight is 691 g/mol. The number of benzene rings is 2. The zero-order valence-electron chi connectivity index (χ0n) is 28.1. The summed E-state index contributed by atoms with van der Waals surface area (Å²) in [6.07, 6.45) is -4.47. The SMILES string of the molecule is Cc1cc(-c2c(C)cc(C#N)cc2C)cc([C@H](CC(=O)O)NC(=O)C(CC(C)C)n2cc(CCN(C)C)c(C(F)(F)F)cc2=O)c1F.S. The molecule has 0 bridgehead atoms. The van der Waals surface area contributed by atoms with E-state index < -0.39 is 53.5 Å². The minimum Gasteiger partial charge on any atom is -0.481 e. The number of carbonyl (C=O) groups excluding carboxylic acids is 1. The predicted octanol–water partition coefficient (Wildman–Crippen LogP) is 6.61. The lowest BCUT2D eigenvalue weighted by atomic mass is 9.89. The number of nitrogens with one attached hydrogen (secondary N) is 1. The van der Waals surface area contributed by atoms with Crippen molar-refractivity contribution in [3.63, 3.8) is 0 Å². The molecule has 2 N–H and O–H groups in total. The number of hydrogen-bond donors (Lipinski definition) is 2.